The molecule has 0 bridgehead atoms. The van der Waals surface area contributed by atoms with E-state index in [1.165, 1.54) is 6.07 Å². The zero-order valence-corrected chi connectivity index (χ0v) is 10.6. The average molecular weight is 290 g/mol. The molecule has 0 atom stereocenters. The number of benzene rings is 1. The Kier molecular flexibility index (Phi) is 7.11. The van der Waals surface area contributed by atoms with Crippen molar-refractivity contribution >= 4 is 21.9 Å². The maximum atomic E-state index is 11.0. The van der Waals surface area contributed by atoms with Crippen LogP contribution in [0.15, 0.2) is 24.3 Å². The van der Waals surface area contributed by atoms with E-state index in [0.29, 0.717) is 5.56 Å². The van der Waals surface area contributed by atoms with Gasteiger partial charge in [0.25, 0.3) is 0 Å². The molecule has 1 rings (SSSR count). The molecule has 0 fully saturated rings. The molecule has 0 saturated heterocycles. The zero-order chi connectivity index (χ0) is 12.6. The van der Waals surface area contributed by atoms with E-state index < -0.39 is 11.1 Å². The van der Waals surface area contributed by atoms with Crippen molar-refractivity contribution in [2.45, 2.75) is 13.8 Å². The van der Waals surface area contributed by atoms with Crippen LogP contribution < -0.4 is 0 Å². The summed E-state index contributed by atoms with van der Waals surface area (Å²) >= 11 is 3.15. The van der Waals surface area contributed by atoms with Crippen molar-refractivity contribution in [1.82, 2.24) is 0 Å². The van der Waals surface area contributed by atoms with Crippen LogP contribution in [0, 0.1) is 17.0 Å². The molecule has 0 aromatic heterocycles. The fraction of sp³-hybridized carbons (Fsp3) is 0.300. The summed E-state index contributed by atoms with van der Waals surface area (Å²) in [6.45, 7) is 3.72. The van der Waals surface area contributed by atoms with E-state index in [2.05, 4.69) is 20.8 Å². The first-order valence-electron chi connectivity index (χ1n) is 4.51. The van der Waals surface area contributed by atoms with Crippen LogP contribution >= 0.6 is 15.9 Å². The Hall–Kier alpha value is -1.43. The molecule has 0 aliphatic carbocycles. The maximum Gasteiger partial charge on any atom is 0.334 e. The molecule has 0 unspecified atom stereocenters. The summed E-state index contributed by atoms with van der Waals surface area (Å²) in [5.74, 6) is -0.942. The topological polar surface area (TPSA) is 69.4 Å². The van der Waals surface area contributed by atoms with E-state index in [0.717, 1.165) is 5.33 Å². The van der Waals surface area contributed by atoms with Gasteiger partial charge in [-0.1, -0.05) is 41.1 Å². The highest BCUT2D eigenvalue weighted by molar-refractivity contribution is 9.09. The third-order valence-electron chi connectivity index (χ3n) is 1.52. The van der Waals surface area contributed by atoms with Gasteiger partial charge in [-0.25, -0.2) is 4.84 Å². The van der Waals surface area contributed by atoms with Crippen molar-refractivity contribution < 1.29 is 14.7 Å². The highest BCUT2D eigenvalue weighted by atomic mass is 79.9. The molecule has 0 aliphatic rings. The second-order valence-electron chi connectivity index (χ2n) is 2.68. The van der Waals surface area contributed by atoms with Gasteiger partial charge >= 0.3 is 11.1 Å². The molecule has 6 heteroatoms. The maximum absolute atomic E-state index is 11.0. The van der Waals surface area contributed by atoms with Gasteiger partial charge in [0.1, 0.15) is 0 Å². The van der Waals surface area contributed by atoms with E-state index in [4.69, 9.17) is 0 Å². The number of alkyl halides is 1. The fourth-order valence-corrected chi connectivity index (χ4v) is 0.919. The molecule has 0 heterocycles. The van der Waals surface area contributed by atoms with Crippen molar-refractivity contribution in [3.05, 3.63) is 45.5 Å². The van der Waals surface area contributed by atoms with Crippen LogP contribution in [-0.2, 0) is 4.84 Å². The molecule has 16 heavy (non-hydrogen) atoms. The van der Waals surface area contributed by atoms with Crippen molar-refractivity contribution in [1.29, 1.82) is 0 Å². The summed E-state index contributed by atoms with van der Waals surface area (Å²) in [5.41, 5.74) is 0.855. The number of carbonyl (C=O) groups excluding carboxylic acids is 1. The number of hydrogen-bond acceptors (Lipinski definition) is 4. The average Bonchev–Trinajstić information content (AvgIpc) is 2.18. The lowest BCUT2D eigenvalue weighted by molar-refractivity contribution is -0.727. The highest BCUT2D eigenvalue weighted by Gasteiger charge is 2.11. The Morgan fingerprint density at radius 3 is 2.44 bits per heavy atom. The first-order chi connectivity index (χ1) is 7.52. The molecular weight excluding hydrogens is 278 g/mol. The third-order valence-corrected chi connectivity index (χ3v) is 1.52. The van der Waals surface area contributed by atoms with Crippen molar-refractivity contribution in [2.24, 2.45) is 0 Å². The third kappa shape index (κ3) is 5.45. The Labute approximate surface area is 102 Å². The molecule has 0 saturated carbocycles. The highest BCUT2D eigenvalue weighted by Crippen LogP contribution is 2.08. The van der Waals surface area contributed by atoms with E-state index in [1.807, 2.05) is 6.92 Å². The van der Waals surface area contributed by atoms with Gasteiger partial charge in [0.15, 0.2) is 0 Å². The van der Waals surface area contributed by atoms with Crippen LogP contribution in [0.2, 0.25) is 0 Å². The monoisotopic (exact) mass is 289 g/mol. The van der Waals surface area contributed by atoms with Gasteiger partial charge in [0, 0.05) is 10.9 Å². The molecule has 1 aromatic rings. The second kappa shape index (κ2) is 7.81. The van der Waals surface area contributed by atoms with E-state index in [1.54, 1.807) is 25.1 Å². The van der Waals surface area contributed by atoms with E-state index in [-0.39, 0.29) is 5.56 Å². The Morgan fingerprint density at radius 1 is 1.50 bits per heavy atom. The summed E-state index contributed by atoms with van der Waals surface area (Å²) < 4.78 is 0. The summed E-state index contributed by atoms with van der Waals surface area (Å²) in [5, 5.41) is 9.80. The minimum atomic E-state index is -1.12. The first-order valence-corrected chi connectivity index (χ1v) is 5.63. The van der Waals surface area contributed by atoms with E-state index >= 15 is 0 Å². The van der Waals surface area contributed by atoms with Gasteiger partial charge in [-0.05, 0) is 18.6 Å². The van der Waals surface area contributed by atoms with Crippen LogP contribution in [0.4, 0.5) is 0 Å². The molecular formula is C10H12BrNO4. The SMILES string of the molecule is CCBr.Cc1ccccc1C(=O)O[N+](=O)[O-]. The van der Waals surface area contributed by atoms with Crippen LogP contribution in [0.3, 0.4) is 0 Å². The first kappa shape index (κ1) is 14.6. The molecule has 88 valence electrons. The van der Waals surface area contributed by atoms with Crippen molar-refractivity contribution in [2.75, 3.05) is 5.33 Å². The van der Waals surface area contributed by atoms with Gasteiger partial charge in [0.2, 0.25) is 0 Å². The summed E-state index contributed by atoms with van der Waals surface area (Å²) in [7, 11) is 0. The normalized spacial score (nSPS) is 8.69. The minimum absolute atomic E-state index is 0.208. The summed E-state index contributed by atoms with van der Waals surface area (Å²) in [6.07, 6.45) is 0. The van der Waals surface area contributed by atoms with Crippen LogP contribution in [0.5, 0.6) is 0 Å². The van der Waals surface area contributed by atoms with Gasteiger partial charge in [-0.2, -0.15) is 0 Å². The molecule has 0 radical (unpaired) electrons. The fourth-order valence-electron chi connectivity index (χ4n) is 0.919. The lowest BCUT2D eigenvalue weighted by atomic mass is 10.1. The van der Waals surface area contributed by atoms with Gasteiger partial charge in [0.05, 0.1) is 0 Å². The van der Waals surface area contributed by atoms with Crippen LogP contribution in [-0.4, -0.2) is 16.4 Å². The van der Waals surface area contributed by atoms with Gasteiger partial charge < -0.3 is 0 Å². The molecule has 0 aliphatic heterocycles. The number of aryl methyl sites for hydroxylation is 1. The van der Waals surface area contributed by atoms with Crippen LogP contribution in [0.1, 0.15) is 22.8 Å². The Balaban J connectivity index is 0.000000673. The Morgan fingerprint density at radius 2 is 2.00 bits per heavy atom. The molecule has 0 spiro atoms. The molecule has 0 amide bonds. The lowest BCUT2D eigenvalue weighted by Crippen LogP contribution is -2.11. The number of carbonyl (C=O) groups is 1. The predicted molar refractivity (Wildman–Crippen MR) is 63.1 cm³/mol. The van der Waals surface area contributed by atoms with Crippen molar-refractivity contribution in [3.8, 4) is 0 Å². The number of halogens is 1. The second-order valence-corrected chi connectivity index (χ2v) is 3.81. The lowest BCUT2D eigenvalue weighted by Gasteiger charge is -2.00. The summed E-state index contributed by atoms with van der Waals surface area (Å²) in [6, 6.07) is 6.50. The summed E-state index contributed by atoms with van der Waals surface area (Å²) in [4.78, 5) is 24.7. The molecule has 0 N–H and O–H groups in total. The van der Waals surface area contributed by atoms with Gasteiger partial charge in [-0.3, -0.25) is 4.79 Å². The number of rotatable bonds is 2. The Bertz CT molecular complexity index is 368. The standard InChI is InChI=1S/C8H7NO4.C2H5Br/c1-6-4-2-3-5-7(6)8(10)13-9(11)12;1-2-3/h2-5H,1H3;2H2,1H3. The quantitative estimate of drug-likeness (QED) is 0.477. The smallest absolute Gasteiger partial charge is 0.263 e. The number of hydrogen-bond donors (Lipinski definition) is 0. The number of nitrogens with zero attached hydrogens (tertiary/aromatic N) is 1. The largest absolute Gasteiger partial charge is 0.334 e. The van der Waals surface area contributed by atoms with Crippen LogP contribution in [0.25, 0.3) is 0 Å². The predicted octanol–water partition coefficient (Wildman–Crippen LogP) is 2.74. The van der Waals surface area contributed by atoms with E-state index in [9.17, 15) is 14.9 Å². The van der Waals surface area contributed by atoms with Gasteiger partial charge in [-0.15, -0.1) is 10.1 Å². The molecule has 1 aromatic carbocycles. The van der Waals surface area contributed by atoms with Crippen molar-refractivity contribution in [3.63, 3.8) is 0 Å². The minimum Gasteiger partial charge on any atom is -0.263 e. The molecule has 5 nitrogen and oxygen atoms in total. The zero-order valence-electron chi connectivity index (χ0n) is 8.97.